The van der Waals surface area contributed by atoms with Gasteiger partial charge in [-0.15, -0.1) is 0 Å². The summed E-state index contributed by atoms with van der Waals surface area (Å²) >= 11 is 0. The van der Waals surface area contributed by atoms with Crippen LogP contribution >= 0.6 is 0 Å². The van der Waals surface area contributed by atoms with Gasteiger partial charge in [0, 0.05) is 18.6 Å². The molecule has 2 nitrogen and oxygen atoms in total. The lowest BCUT2D eigenvalue weighted by Gasteiger charge is -2.40. The normalized spacial score (nSPS) is 38.5. The van der Waals surface area contributed by atoms with E-state index in [1.165, 1.54) is 0 Å². The van der Waals surface area contributed by atoms with Crippen molar-refractivity contribution in [2.24, 2.45) is 0 Å². The molecule has 0 aromatic rings. The number of likely N-dealkylation sites (N-methyl/N-ethyl adjacent to an activating group) is 1. The first kappa shape index (κ1) is 9.86. The van der Waals surface area contributed by atoms with E-state index >= 15 is 0 Å². The minimum Gasteiger partial charge on any atom is -0.304 e. The number of halogens is 2. The van der Waals surface area contributed by atoms with Gasteiger partial charge in [0.05, 0.1) is 6.04 Å². The van der Waals surface area contributed by atoms with Crippen molar-refractivity contribution in [3.63, 3.8) is 0 Å². The number of hydrogen-bond donors (Lipinski definition) is 1. The Labute approximate surface area is 71.9 Å². The van der Waals surface area contributed by atoms with Gasteiger partial charge < -0.3 is 10.2 Å². The molecule has 0 amide bonds. The molecule has 3 atom stereocenters. The summed E-state index contributed by atoms with van der Waals surface area (Å²) in [5.41, 5.74) is 0. The molecule has 1 aliphatic rings. The molecule has 0 spiro atoms. The van der Waals surface area contributed by atoms with Crippen LogP contribution in [-0.2, 0) is 0 Å². The van der Waals surface area contributed by atoms with E-state index in [0.29, 0.717) is 6.54 Å². The predicted molar refractivity (Wildman–Crippen MR) is 44.8 cm³/mol. The molecule has 1 fully saturated rings. The van der Waals surface area contributed by atoms with Crippen LogP contribution in [-0.4, -0.2) is 50.0 Å². The zero-order valence-electron chi connectivity index (χ0n) is 7.56. The van der Waals surface area contributed by atoms with Crippen molar-refractivity contribution in [3.8, 4) is 0 Å². The first-order valence-corrected chi connectivity index (χ1v) is 4.27. The Morgan fingerprint density at radius 2 is 2.08 bits per heavy atom. The Balaban J connectivity index is 2.52. The van der Waals surface area contributed by atoms with E-state index in [9.17, 15) is 8.78 Å². The second-order valence-electron chi connectivity index (χ2n) is 3.46. The first-order chi connectivity index (χ1) is 5.69. The van der Waals surface area contributed by atoms with Crippen LogP contribution in [0.2, 0.25) is 0 Å². The highest BCUT2D eigenvalue weighted by Crippen LogP contribution is 2.11. The fourth-order valence-electron chi connectivity index (χ4n) is 1.58. The Hall–Kier alpha value is -0.220. The summed E-state index contributed by atoms with van der Waals surface area (Å²) in [4.78, 5) is 1.99. The lowest BCUT2D eigenvalue weighted by atomic mass is 10.0. The second-order valence-corrected chi connectivity index (χ2v) is 3.46. The van der Waals surface area contributed by atoms with Crippen molar-refractivity contribution in [1.29, 1.82) is 0 Å². The number of nitrogens with one attached hydrogen (secondary N) is 1. The average molecular weight is 178 g/mol. The first-order valence-electron chi connectivity index (χ1n) is 4.27. The Morgan fingerprint density at radius 1 is 1.42 bits per heavy atom. The quantitative estimate of drug-likeness (QED) is 0.665. The van der Waals surface area contributed by atoms with Crippen LogP contribution in [0.15, 0.2) is 0 Å². The molecule has 1 N–H and O–H groups in total. The third kappa shape index (κ3) is 1.93. The maximum atomic E-state index is 12.4. The van der Waals surface area contributed by atoms with Crippen molar-refractivity contribution in [1.82, 2.24) is 10.2 Å². The van der Waals surface area contributed by atoms with Crippen LogP contribution < -0.4 is 5.32 Å². The molecule has 0 bridgehead atoms. The van der Waals surface area contributed by atoms with Gasteiger partial charge in [-0.2, -0.15) is 0 Å². The average Bonchev–Trinajstić information content (AvgIpc) is 2.09. The van der Waals surface area contributed by atoms with Crippen molar-refractivity contribution in [3.05, 3.63) is 0 Å². The number of piperazine rings is 1. The Kier molecular flexibility index (Phi) is 3.40. The third-order valence-corrected chi connectivity index (χ3v) is 2.59. The van der Waals surface area contributed by atoms with E-state index in [1.807, 2.05) is 18.9 Å². The monoisotopic (exact) mass is 178 g/mol. The summed E-state index contributed by atoms with van der Waals surface area (Å²) in [5, 5.41) is 2.94. The van der Waals surface area contributed by atoms with Crippen molar-refractivity contribution >= 4 is 0 Å². The topological polar surface area (TPSA) is 15.3 Å². The van der Waals surface area contributed by atoms with Crippen molar-refractivity contribution in [2.45, 2.75) is 25.0 Å². The van der Waals surface area contributed by atoms with Gasteiger partial charge in [0.15, 0.2) is 0 Å². The lowest BCUT2D eigenvalue weighted by molar-refractivity contribution is 0.102. The van der Waals surface area contributed by atoms with Gasteiger partial charge >= 0.3 is 0 Å². The second kappa shape index (κ2) is 4.14. The lowest BCUT2D eigenvalue weighted by Crippen LogP contribution is -2.61. The van der Waals surface area contributed by atoms with Gasteiger partial charge in [0.1, 0.15) is 13.3 Å². The molecule has 1 rings (SSSR count). The molecule has 12 heavy (non-hydrogen) atoms. The SMILES string of the molecule is C[C@H]1[C@H](CF)N[C@@H](CF)CN1C. The molecule has 1 heterocycles. The molecule has 1 saturated heterocycles. The number of rotatable bonds is 2. The van der Waals surface area contributed by atoms with E-state index < -0.39 is 13.3 Å². The minimum absolute atomic E-state index is 0.151. The van der Waals surface area contributed by atoms with Crippen LogP contribution in [0.5, 0.6) is 0 Å². The Bertz CT molecular complexity index is 143. The molecule has 1 aliphatic heterocycles. The number of hydrogen-bond acceptors (Lipinski definition) is 2. The molecular weight excluding hydrogens is 162 g/mol. The maximum absolute atomic E-state index is 12.4. The highest BCUT2D eigenvalue weighted by molar-refractivity contribution is 4.89. The van der Waals surface area contributed by atoms with Crippen LogP contribution in [0.25, 0.3) is 0 Å². The van der Waals surface area contributed by atoms with E-state index in [4.69, 9.17) is 0 Å². The molecule has 0 saturated carbocycles. The molecule has 0 aromatic carbocycles. The fourth-order valence-corrected chi connectivity index (χ4v) is 1.58. The standard InChI is InChI=1S/C8H16F2N2/c1-6-8(4-10)11-7(3-9)5-12(6)2/h6-8,11H,3-5H2,1-2H3/t6-,7-,8-/m0/s1. The molecular formula is C8H16F2N2. The smallest absolute Gasteiger partial charge is 0.106 e. The molecule has 72 valence electrons. The summed E-state index contributed by atoms with van der Waals surface area (Å²) in [7, 11) is 1.90. The van der Waals surface area contributed by atoms with Crippen molar-refractivity contribution in [2.75, 3.05) is 26.9 Å². The summed E-state index contributed by atoms with van der Waals surface area (Å²) in [6.45, 7) is 1.76. The number of nitrogens with zero attached hydrogens (tertiary/aromatic N) is 1. The van der Waals surface area contributed by atoms with Crippen LogP contribution in [0.3, 0.4) is 0 Å². The Morgan fingerprint density at radius 3 is 2.58 bits per heavy atom. The molecule has 0 radical (unpaired) electrons. The summed E-state index contributed by atoms with van der Waals surface area (Å²) in [6, 6.07) is -0.269. The van der Waals surface area contributed by atoms with Crippen LogP contribution in [0, 0.1) is 0 Å². The zero-order chi connectivity index (χ0) is 9.14. The van der Waals surface area contributed by atoms with Gasteiger partial charge in [-0.3, -0.25) is 0 Å². The highest BCUT2D eigenvalue weighted by atomic mass is 19.1. The summed E-state index contributed by atoms with van der Waals surface area (Å²) in [5.74, 6) is 0. The fraction of sp³-hybridized carbons (Fsp3) is 1.00. The van der Waals surface area contributed by atoms with Gasteiger partial charge in [0.2, 0.25) is 0 Å². The largest absolute Gasteiger partial charge is 0.304 e. The van der Waals surface area contributed by atoms with Gasteiger partial charge in [-0.1, -0.05) is 0 Å². The molecule has 0 aliphatic carbocycles. The zero-order valence-corrected chi connectivity index (χ0v) is 7.56. The predicted octanol–water partition coefficient (Wildman–Crippen LogP) is 0.586. The van der Waals surface area contributed by atoms with E-state index in [2.05, 4.69) is 5.32 Å². The summed E-state index contributed by atoms with van der Waals surface area (Å²) in [6.07, 6.45) is 0. The van der Waals surface area contributed by atoms with Crippen molar-refractivity contribution < 1.29 is 8.78 Å². The molecule has 0 aromatic heterocycles. The molecule has 4 heteroatoms. The van der Waals surface area contributed by atoms with Gasteiger partial charge in [-0.05, 0) is 14.0 Å². The van der Waals surface area contributed by atoms with Crippen LogP contribution in [0.4, 0.5) is 8.78 Å². The van der Waals surface area contributed by atoms with E-state index in [1.54, 1.807) is 0 Å². The maximum Gasteiger partial charge on any atom is 0.106 e. The number of alkyl halides is 2. The minimum atomic E-state index is -0.429. The van der Waals surface area contributed by atoms with Gasteiger partial charge in [-0.25, -0.2) is 8.78 Å². The summed E-state index contributed by atoms with van der Waals surface area (Å²) < 4.78 is 24.7. The van der Waals surface area contributed by atoms with E-state index in [-0.39, 0.29) is 18.1 Å². The van der Waals surface area contributed by atoms with E-state index in [0.717, 1.165) is 0 Å². The highest BCUT2D eigenvalue weighted by Gasteiger charge is 2.30. The van der Waals surface area contributed by atoms with Crippen LogP contribution in [0.1, 0.15) is 6.92 Å². The van der Waals surface area contributed by atoms with Gasteiger partial charge in [0.25, 0.3) is 0 Å². The molecule has 0 unspecified atom stereocenters. The third-order valence-electron chi connectivity index (χ3n) is 2.59.